The quantitative estimate of drug-likeness (QED) is 0.499. The zero-order valence-corrected chi connectivity index (χ0v) is 10.2. The predicted molar refractivity (Wildman–Crippen MR) is 68.1 cm³/mol. The van der Waals surface area contributed by atoms with Gasteiger partial charge in [0.25, 0.3) is 0 Å². The molecular formula is C13H19N3O. The van der Waals surface area contributed by atoms with Crippen molar-refractivity contribution in [3.8, 4) is 0 Å². The van der Waals surface area contributed by atoms with Crippen molar-refractivity contribution in [2.24, 2.45) is 17.4 Å². The highest BCUT2D eigenvalue weighted by molar-refractivity contribution is 5.90. The SMILES string of the molecule is CC(C)[C@@H]1C(=O)CC(N)(N)c2cc(N)ccc21. The predicted octanol–water partition coefficient (Wildman–Crippen LogP) is 1.05. The lowest BCUT2D eigenvalue weighted by Gasteiger charge is -2.37. The molecule has 4 heteroatoms. The Hall–Kier alpha value is -1.39. The van der Waals surface area contributed by atoms with Crippen LogP contribution >= 0.6 is 0 Å². The van der Waals surface area contributed by atoms with Crippen LogP contribution in [0.15, 0.2) is 18.2 Å². The van der Waals surface area contributed by atoms with Gasteiger partial charge in [0.15, 0.2) is 0 Å². The van der Waals surface area contributed by atoms with Crippen LogP contribution in [0.4, 0.5) is 5.69 Å². The summed E-state index contributed by atoms with van der Waals surface area (Å²) >= 11 is 0. The summed E-state index contributed by atoms with van der Waals surface area (Å²) in [6, 6.07) is 5.46. The summed E-state index contributed by atoms with van der Waals surface area (Å²) in [5.41, 5.74) is 19.1. The Morgan fingerprint density at radius 3 is 2.59 bits per heavy atom. The molecule has 17 heavy (non-hydrogen) atoms. The molecule has 0 saturated carbocycles. The maximum Gasteiger partial charge on any atom is 0.144 e. The lowest BCUT2D eigenvalue weighted by Crippen LogP contribution is -2.52. The number of Topliss-reactive ketones (excluding diaryl/α,β-unsaturated/α-hetero) is 1. The van der Waals surface area contributed by atoms with E-state index in [-0.39, 0.29) is 24.0 Å². The van der Waals surface area contributed by atoms with Gasteiger partial charge in [-0.15, -0.1) is 0 Å². The molecule has 1 aliphatic rings. The van der Waals surface area contributed by atoms with Gasteiger partial charge in [-0.1, -0.05) is 19.9 Å². The summed E-state index contributed by atoms with van der Waals surface area (Å²) in [5, 5.41) is 0. The molecule has 0 fully saturated rings. The van der Waals surface area contributed by atoms with Gasteiger partial charge in [0.05, 0.1) is 5.66 Å². The summed E-state index contributed by atoms with van der Waals surface area (Å²) in [4.78, 5) is 12.1. The number of hydrogen-bond donors (Lipinski definition) is 3. The van der Waals surface area contributed by atoms with Gasteiger partial charge < -0.3 is 17.2 Å². The van der Waals surface area contributed by atoms with Gasteiger partial charge in [0.1, 0.15) is 5.78 Å². The highest BCUT2D eigenvalue weighted by Gasteiger charge is 2.40. The average Bonchev–Trinajstić information content (AvgIpc) is 2.17. The second kappa shape index (κ2) is 3.82. The van der Waals surface area contributed by atoms with Crippen LogP contribution in [-0.4, -0.2) is 5.78 Å². The molecule has 1 atom stereocenters. The molecule has 0 bridgehead atoms. The van der Waals surface area contributed by atoms with Crippen LogP contribution < -0.4 is 17.2 Å². The Kier molecular flexibility index (Phi) is 2.72. The van der Waals surface area contributed by atoms with E-state index < -0.39 is 5.66 Å². The summed E-state index contributed by atoms with van der Waals surface area (Å²) in [6.07, 6.45) is 0.173. The van der Waals surface area contributed by atoms with Crippen molar-refractivity contribution in [3.63, 3.8) is 0 Å². The first-order chi connectivity index (χ1) is 7.83. The maximum absolute atomic E-state index is 12.1. The summed E-state index contributed by atoms with van der Waals surface area (Å²) < 4.78 is 0. The normalized spacial score (nSPS) is 22.6. The van der Waals surface area contributed by atoms with Crippen LogP contribution in [0.2, 0.25) is 0 Å². The molecule has 1 aromatic carbocycles. The van der Waals surface area contributed by atoms with Crippen LogP contribution in [0.25, 0.3) is 0 Å². The fourth-order valence-electron chi connectivity index (χ4n) is 2.65. The summed E-state index contributed by atoms with van der Waals surface area (Å²) in [6.45, 7) is 4.06. The largest absolute Gasteiger partial charge is 0.399 e. The molecule has 0 heterocycles. The van der Waals surface area contributed by atoms with Crippen molar-refractivity contribution in [1.29, 1.82) is 0 Å². The topological polar surface area (TPSA) is 95.1 Å². The Labute approximate surface area is 101 Å². The monoisotopic (exact) mass is 233 g/mol. The molecule has 2 rings (SSSR count). The Balaban J connectivity index is 2.63. The van der Waals surface area contributed by atoms with Crippen LogP contribution in [0, 0.1) is 5.92 Å². The number of fused-ring (bicyclic) bond motifs is 1. The molecule has 0 radical (unpaired) electrons. The minimum Gasteiger partial charge on any atom is -0.399 e. The number of benzene rings is 1. The third kappa shape index (κ3) is 1.94. The minimum atomic E-state index is -1.09. The van der Waals surface area contributed by atoms with Gasteiger partial charge in [-0.3, -0.25) is 4.79 Å². The Morgan fingerprint density at radius 1 is 1.35 bits per heavy atom. The summed E-state index contributed by atoms with van der Waals surface area (Å²) in [5.74, 6) is 0.231. The van der Waals surface area contributed by atoms with E-state index >= 15 is 0 Å². The van der Waals surface area contributed by atoms with E-state index in [2.05, 4.69) is 0 Å². The first-order valence-corrected chi connectivity index (χ1v) is 5.83. The number of hydrogen-bond acceptors (Lipinski definition) is 4. The van der Waals surface area contributed by atoms with Crippen LogP contribution in [0.3, 0.4) is 0 Å². The molecule has 6 N–H and O–H groups in total. The van der Waals surface area contributed by atoms with Gasteiger partial charge >= 0.3 is 0 Å². The fourth-order valence-corrected chi connectivity index (χ4v) is 2.65. The zero-order chi connectivity index (χ0) is 12.8. The molecule has 92 valence electrons. The fraction of sp³-hybridized carbons (Fsp3) is 0.462. The number of anilines is 1. The zero-order valence-electron chi connectivity index (χ0n) is 10.2. The molecule has 1 aromatic rings. The van der Waals surface area contributed by atoms with Crippen molar-refractivity contribution in [2.75, 3.05) is 5.73 Å². The molecule has 0 unspecified atom stereocenters. The first-order valence-electron chi connectivity index (χ1n) is 5.83. The molecule has 0 spiro atoms. The number of carbonyl (C=O) groups excluding carboxylic acids is 1. The lowest BCUT2D eigenvalue weighted by atomic mass is 9.72. The van der Waals surface area contributed by atoms with E-state index in [0.29, 0.717) is 5.69 Å². The number of nitrogen functional groups attached to an aromatic ring is 1. The second-order valence-electron chi connectivity index (χ2n) is 5.25. The molecule has 1 aliphatic carbocycles. The van der Waals surface area contributed by atoms with Crippen LogP contribution in [-0.2, 0) is 10.5 Å². The van der Waals surface area contributed by atoms with E-state index in [0.717, 1.165) is 11.1 Å². The Morgan fingerprint density at radius 2 is 2.00 bits per heavy atom. The van der Waals surface area contributed by atoms with Crippen molar-refractivity contribution in [1.82, 2.24) is 0 Å². The van der Waals surface area contributed by atoms with Gasteiger partial charge in [0.2, 0.25) is 0 Å². The smallest absolute Gasteiger partial charge is 0.144 e. The van der Waals surface area contributed by atoms with Gasteiger partial charge in [-0.2, -0.15) is 0 Å². The third-order valence-corrected chi connectivity index (χ3v) is 3.39. The number of rotatable bonds is 1. The molecule has 0 saturated heterocycles. The van der Waals surface area contributed by atoms with E-state index in [9.17, 15) is 4.79 Å². The van der Waals surface area contributed by atoms with Crippen LogP contribution in [0.1, 0.15) is 37.3 Å². The third-order valence-electron chi connectivity index (χ3n) is 3.39. The maximum atomic E-state index is 12.1. The second-order valence-corrected chi connectivity index (χ2v) is 5.25. The van der Waals surface area contributed by atoms with E-state index in [1.165, 1.54) is 0 Å². The molecular weight excluding hydrogens is 214 g/mol. The first kappa shape index (κ1) is 12.1. The van der Waals surface area contributed by atoms with Crippen molar-refractivity contribution >= 4 is 11.5 Å². The molecule has 0 aromatic heterocycles. The highest BCUT2D eigenvalue weighted by atomic mass is 16.1. The minimum absolute atomic E-state index is 0.113. The van der Waals surface area contributed by atoms with Crippen molar-refractivity contribution in [2.45, 2.75) is 31.8 Å². The number of nitrogens with two attached hydrogens (primary N) is 3. The number of carbonyl (C=O) groups is 1. The molecule has 4 nitrogen and oxygen atoms in total. The lowest BCUT2D eigenvalue weighted by molar-refractivity contribution is -0.123. The van der Waals surface area contributed by atoms with E-state index in [1.54, 1.807) is 12.1 Å². The standard InChI is InChI=1S/C13H19N3O/c1-7(2)12-9-4-3-8(14)5-10(9)13(15,16)6-11(12)17/h3-5,7,12H,6,14-16H2,1-2H3/t12-/m0/s1. The van der Waals surface area contributed by atoms with Crippen molar-refractivity contribution in [3.05, 3.63) is 29.3 Å². The van der Waals surface area contributed by atoms with Gasteiger partial charge in [-0.25, -0.2) is 0 Å². The van der Waals surface area contributed by atoms with E-state index in [4.69, 9.17) is 17.2 Å². The molecule has 0 aliphatic heterocycles. The average molecular weight is 233 g/mol. The highest BCUT2D eigenvalue weighted by Crippen LogP contribution is 2.39. The molecule has 0 amide bonds. The van der Waals surface area contributed by atoms with E-state index in [1.807, 2.05) is 19.9 Å². The van der Waals surface area contributed by atoms with Gasteiger partial charge in [-0.05, 0) is 29.2 Å². The Bertz CT molecular complexity index is 466. The number of ketones is 1. The van der Waals surface area contributed by atoms with Crippen molar-refractivity contribution < 1.29 is 4.79 Å². The van der Waals surface area contributed by atoms with Crippen LogP contribution in [0.5, 0.6) is 0 Å². The van der Waals surface area contributed by atoms with Gasteiger partial charge in [0, 0.05) is 18.0 Å². The summed E-state index contributed by atoms with van der Waals surface area (Å²) in [7, 11) is 0.